The predicted octanol–water partition coefficient (Wildman–Crippen LogP) is 0.875. The van der Waals surface area contributed by atoms with Crippen molar-refractivity contribution in [3.8, 4) is 12.3 Å². The molecule has 0 bridgehead atoms. The lowest BCUT2D eigenvalue weighted by Crippen LogP contribution is -2.43. The van der Waals surface area contributed by atoms with Gasteiger partial charge in [0.1, 0.15) is 0 Å². The van der Waals surface area contributed by atoms with Gasteiger partial charge in [0.2, 0.25) is 5.91 Å². The van der Waals surface area contributed by atoms with Crippen molar-refractivity contribution in [2.45, 2.75) is 32.7 Å². The molecule has 1 heterocycles. The molecular formula is C12H19NO2. The number of hydrogen-bond donors (Lipinski definition) is 1. The smallest absolute Gasteiger partial charge is 0.224 e. The number of carbonyl (C=O) groups excluding carboxylic acids is 1. The average Bonchev–Trinajstić information content (AvgIpc) is 2.61. The molecule has 3 atom stereocenters. The van der Waals surface area contributed by atoms with Crippen LogP contribution in [-0.4, -0.2) is 35.1 Å². The van der Waals surface area contributed by atoms with Gasteiger partial charge in [-0.1, -0.05) is 20.3 Å². The van der Waals surface area contributed by atoms with Crippen LogP contribution >= 0.6 is 0 Å². The molecule has 84 valence electrons. The van der Waals surface area contributed by atoms with E-state index in [1.54, 1.807) is 4.90 Å². The highest BCUT2D eigenvalue weighted by Crippen LogP contribution is 2.24. The molecule has 1 unspecified atom stereocenters. The van der Waals surface area contributed by atoms with E-state index >= 15 is 0 Å². The van der Waals surface area contributed by atoms with Crippen LogP contribution in [0.1, 0.15) is 26.7 Å². The highest BCUT2D eigenvalue weighted by molar-refractivity contribution is 5.79. The quantitative estimate of drug-likeness (QED) is 0.698. The van der Waals surface area contributed by atoms with E-state index < -0.39 is 0 Å². The molecule has 1 N–H and O–H groups in total. The minimum atomic E-state index is -0.0687. The normalized spacial score (nSPS) is 25.1. The molecule has 1 amide bonds. The van der Waals surface area contributed by atoms with E-state index in [4.69, 9.17) is 6.42 Å². The Kier molecular flexibility index (Phi) is 4.16. The SMILES string of the molecule is C#CC1CC(=O)N([C@H](CO)[C@@H](C)CC)C1. The molecule has 3 nitrogen and oxygen atoms in total. The van der Waals surface area contributed by atoms with Crippen LogP contribution in [0, 0.1) is 24.2 Å². The van der Waals surface area contributed by atoms with Crippen LogP contribution in [0.2, 0.25) is 0 Å². The van der Waals surface area contributed by atoms with E-state index in [1.807, 2.05) is 0 Å². The fourth-order valence-corrected chi connectivity index (χ4v) is 2.02. The maximum atomic E-state index is 11.7. The van der Waals surface area contributed by atoms with Gasteiger partial charge >= 0.3 is 0 Å². The molecule has 0 aromatic heterocycles. The molecule has 1 aliphatic heterocycles. The fraction of sp³-hybridized carbons (Fsp3) is 0.750. The molecule has 0 aromatic carbocycles. The molecule has 0 spiro atoms. The van der Waals surface area contributed by atoms with Crippen molar-refractivity contribution in [2.24, 2.45) is 11.8 Å². The van der Waals surface area contributed by atoms with E-state index in [0.29, 0.717) is 18.9 Å². The number of terminal acetylenes is 1. The predicted molar refractivity (Wildman–Crippen MR) is 59.0 cm³/mol. The van der Waals surface area contributed by atoms with Crippen molar-refractivity contribution >= 4 is 5.91 Å². The standard InChI is InChI=1S/C12H19NO2/c1-4-9(3)11(8-14)13-7-10(5-2)6-12(13)15/h2,9-11,14H,4,6-8H2,1,3H3/t9-,10?,11+/m0/s1. The van der Waals surface area contributed by atoms with Gasteiger partial charge in [-0.2, -0.15) is 0 Å². The van der Waals surface area contributed by atoms with E-state index in [1.165, 1.54) is 0 Å². The van der Waals surface area contributed by atoms with Gasteiger partial charge in [0.15, 0.2) is 0 Å². The Labute approximate surface area is 91.5 Å². The summed E-state index contributed by atoms with van der Waals surface area (Å²) in [5.41, 5.74) is 0. The molecule has 0 aromatic rings. The third-order valence-corrected chi connectivity index (χ3v) is 3.28. The van der Waals surface area contributed by atoms with Crippen LogP contribution in [0.4, 0.5) is 0 Å². The first-order valence-corrected chi connectivity index (χ1v) is 5.50. The molecule has 1 saturated heterocycles. The van der Waals surface area contributed by atoms with E-state index in [2.05, 4.69) is 19.8 Å². The number of aliphatic hydroxyl groups is 1. The minimum absolute atomic E-state index is 0.0237. The second-order valence-electron chi connectivity index (χ2n) is 4.25. The van der Waals surface area contributed by atoms with Crippen molar-refractivity contribution in [3.63, 3.8) is 0 Å². The van der Waals surface area contributed by atoms with E-state index in [-0.39, 0.29) is 24.5 Å². The van der Waals surface area contributed by atoms with Gasteiger partial charge in [-0.05, 0) is 5.92 Å². The Morgan fingerprint density at radius 1 is 1.73 bits per heavy atom. The summed E-state index contributed by atoms with van der Waals surface area (Å²) >= 11 is 0. The molecular weight excluding hydrogens is 190 g/mol. The highest BCUT2D eigenvalue weighted by Gasteiger charge is 2.34. The summed E-state index contributed by atoms with van der Waals surface area (Å²) in [5.74, 6) is 3.04. The van der Waals surface area contributed by atoms with Crippen molar-refractivity contribution in [3.05, 3.63) is 0 Å². The number of carbonyl (C=O) groups is 1. The van der Waals surface area contributed by atoms with Crippen molar-refractivity contribution < 1.29 is 9.90 Å². The van der Waals surface area contributed by atoms with Crippen LogP contribution in [0.15, 0.2) is 0 Å². The zero-order valence-corrected chi connectivity index (χ0v) is 9.44. The number of likely N-dealkylation sites (tertiary alicyclic amines) is 1. The van der Waals surface area contributed by atoms with Gasteiger partial charge in [0.25, 0.3) is 0 Å². The van der Waals surface area contributed by atoms with Crippen LogP contribution in [0.5, 0.6) is 0 Å². The number of rotatable bonds is 4. The zero-order valence-electron chi connectivity index (χ0n) is 9.44. The van der Waals surface area contributed by atoms with Gasteiger partial charge < -0.3 is 10.0 Å². The van der Waals surface area contributed by atoms with E-state index in [9.17, 15) is 9.90 Å². The number of nitrogens with zero attached hydrogens (tertiary/aromatic N) is 1. The summed E-state index contributed by atoms with van der Waals surface area (Å²) in [7, 11) is 0. The van der Waals surface area contributed by atoms with Crippen molar-refractivity contribution in [2.75, 3.05) is 13.2 Å². The Hall–Kier alpha value is -1.01. The first kappa shape index (κ1) is 12.1. The third-order valence-electron chi connectivity index (χ3n) is 3.28. The molecule has 1 rings (SSSR count). The summed E-state index contributed by atoms with van der Waals surface area (Å²) < 4.78 is 0. The van der Waals surface area contributed by atoms with Crippen molar-refractivity contribution in [1.29, 1.82) is 0 Å². The number of aliphatic hydroxyl groups excluding tert-OH is 1. The fourth-order valence-electron chi connectivity index (χ4n) is 2.02. The van der Waals surface area contributed by atoms with E-state index in [0.717, 1.165) is 6.42 Å². The van der Waals surface area contributed by atoms with Gasteiger partial charge in [0, 0.05) is 18.9 Å². The summed E-state index contributed by atoms with van der Waals surface area (Å²) in [6, 6.07) is -0.0687. The van der Waals surface area contributed by atoms with Crippen LogP contribution in [-0.2, 0) is 4.79 Å². The monoisotopic (exact) mass is 209 g/mol. The topological polar surface area (TPSA) is 40.5 Å². The molecule has 1 fully saturated rings. The lowest BCUT2D eigenvalue weighted by molar-refractivity contribution is -0.131. The molecule has 0 radical (unpaired) electrons. The van der Waals surface area contributed by atoms with Gasteiger partial charge in [-0.25, -0.2) is 0 Å². The van der Waals surface area contributed by atoms with Crippen LogP contribution in [0.25, 0.3) is 0 Å². The Morgan fingerprint density at radius 3 is 2.80 bits per heavy atom. The van der Waals surface area contributed by atoms with Crippen molar-refractivity contribution in [1.82, 2.24) is 4.90 Å². The lowest BCUT2D eigenvalue weighted by atomic mass is 9.98. The Morgan fingerprint density at radius 2 is 2.40 bits per heavy atom. The van der Waals surface area contributed by atoms with Gasteiger partial charge in [-0.3, -0.25) is 4.79 Å². The third kappa shape index (κ3) is 2.51. The second-order valence-corrected chi connectivity index (χ2v) is 4.25. The maximum absolute atomic E-state index is 11.7. The maximum Gasteiger partial charge on any atom is 0.224 e. The summed E-state index contributed by atoms with van der Waals surface area (Å²) in [4.78, 5) is 13.4. The molecule has 15 heavy (non-hydrogen) atoms. The minimum Gasteiger partial charge on any atom is -0.394 e. The molecule has 3 heteroatoms. The molecule has 0 aliphatic carbocycles. The summed E-state index contributed by atoms with van der Waals surface area (Å²) in [5, 5.41) is 9.32. The molecule has 1 aliphatic rings. The number of hydrogen-bond acceptors (Lipinski definition) is 2. The first-order chi connectivity index (χ1) is 7.13. The first-order valence-electron chi connectivity index (χ1n) is 5.50. The van der Waals surface area contributed by atoms with Crippen LogP contribution < -0.4 is 0 Å². The number of amides is 1. The van der Waals surface area contributed by atoms with Gasteiger partial charge in [0.05, 0.1) is 12.6 Å². The average molecular weight is 209 g/mol. The zero-order chi connectivity index (χ0) is 11.4. The highest BCUT2D eigenvalue weighted by atomic mass is 16.3. The largest absolute Gasteiger partial charge is 0.394 e. The lowest BCUT2D eigenvalue weighted by Gasteiger charge is -2.30. The van der Waals surface area contributed by atoms with Gasteiger partial charge in [-0.15, -0.1) is 12.3 Å². The Balaban J connectivity index is 2.70. The van der Waals surface area contributed by atoms with Crippen LogP contribution in [0.3, 0.4) is 0 Å². The summed E-state index contributed by atoms with van der Waals surface area (Å²) in [6.07, 6.45) is 6.71. The molecule has 0 saturated carbocycles. The Bertz CT molecular complexity index is 269. The summed E-state index contributed by atoms with van der Waals surface area (Å²) in [6.45, 7) is 4.74. The second kappa shape index (κ2) is 5.18.